The van der Waals surface area contributed by atoms with Crippen molar-refractivity contribution in [3.8, 4) is 0 Å². The van der Waals surface area contributed by atoms with Gasteiger partial charge in [-0.1, -0.05) is 12.1 Å². The van der Waals surface area contributed by atoms with Crippen LogP contribution < -0.4 is 4.90 Å². The number of nitrogens with zero attached hydrogens (tertiary/aromatic N) is 2. The first-order valence-corrected chi connectivity index (χ1v) is 8.27. The van der Waals surface area contributed by atoms with E-state index in [-0.39, 0.29) is 17.5 Å². The molecule has 0 spiro atoms. The lowest BCUT2D eigenvalue weighted by Crippen LogP contribution is -2.48. The highest BCUT2D eigenvalue weighted by Gasteiger charge is 2.24. The average molecular weight is 332 g/mol. The van der Waals surface area contributed by atoms with Crippen LogP contribution in [0.3, 0.4) is 0 Å². The molecule has 2 heterocycles. The van der Waals surface area contributed by atoms with Gasteiger partial charge < -0.3 is 9.80 Å². The monoisotopic (exact) mass is 332 g/mol. The SMILES string of the molecule is CC(=O)c1ccc(C(=O)N2CCN(c3ccccc3F)CC2)s1. The maximum atomic E-state index is 13.8. The molecule has 1 saturated heterocycles. The summed E-state index contributed by atoms with van der Waals surface area (Å²) < 4.78 is 13.8. The number of ketones is 1. The highest BCUT2D eigenvalue weighted by molar-refractivity contribution is 7.15. The second kappa shape index (κ2) is 6.50. The van der Waals surface area contributed by atoms with Gasteiger partial charge in [0.1, 0.15) is 5.82 Å². The van der Waals surface area contributed by atoms with Gasteiger partial charge in [0.05, 0.1) is 15.4 Å². The number of halogens is 1. The van der Waals surface area contributed by atoms with Crippen molar-refractivity contribution in [1.29, 1.82) is 0 Å². The van der Waals surface area contributed by atoms with E-state index in [2.05, 4.69) is 0 Å². The molecule has 1 aromatic heterocycles. The Kier molecular flexibility index (Phi) is 4.43. The molecule has 0 atom stereocenters. The lowest BCUT2D eigenvalue weighted by Gasteiger charge is -2.36. The van der Waals surface area contributed by atoms with Crippen LogP contribution in [0.25, 0.3) is 0 Å². The Morgan fingerprint density at radius 2 is 1.65 bits per heavy atom. The predicted octanol–water partition coefficient (Wildman–Crippen LogP) is 3.05. The number of Topliss-reactive ketones (excluding diaryl/α,β-unsaturated/α-hetero) is 1. The van der Waals surface area contributed by atoms with Gasteiger partial charge in [0.2, 0.25) is 0 Å². The Morgan fingerprint density at radius 1 is 1.00 bits per heavy atom. The predicted molar refractivity (Wildman–Crippen MR) is 88.8 cm³/mol. The standard InChI is InChI=1S/C17H17FN2O2S/c1-12(21)15-6-7-16(23-15)17(22)20-10-8-19(9-11-20)14-5-3-2-4-13(14)18/h2-7H,8-11H2,1H3. The molecule has 0 N–H and O–H groups in total. The number of rotatable bonds is 3. The summed E-state index contributed by atoms with van der Waals surface area (Å²) in [5.41, 5.74) is 0.578. The molecule has 0 bridgehead atoms. The van der Waals surface area contributed by atoms with E-state index < -0.39 is 0 Å². The Labute approximate surface area is 138 Å². The van der Waals surface area contributed by atoms with Gasteiger partial charge in [0, 0.05) is 26.2 Å². The summed E-state index contributed by atoms with van der Waals surface area (Å²) in [6.45, 7) is 3.77. The number of benzene rings is 1. The second-order valence-corrected chi connectivity index (χ2v) is 6.53. The molecule has 0 saturated carbocycles. The van der Waals surface area contributed by atoms with Gasteiger partial charge in [-0.25, -0.2) is 4.39 Å². The quantitative estimate of drug-likeness (QED) is 0.811. The van der Waals surface area contributed by atoms with Crippen molar-refractivity contribution in [3.63, 3.8) is 0 Å². The van der Waals surface area contributed by atoms with Gasteiger partial charge in [-0.15, -0.1) is 11.3 Å². The summed E-state index contributed by atoms with van der Waals surface area (Å²) in [5, 5.41) is 0. The maximum absolute atomic E-state index is 13.8. The van der Waals surface area contributed by atoms with Gasteiger partial charge in [-0.05, 0) is 31.2 Å². The number of thiophene rings is 1. The van der Waals surface area contributed by atoms with Crippen molar-refractivity contribution in [2.45, 2.75) is 6.92 Å². The van der Waals surface area contributed by atoms with E-state index in [9.17, 15) is 14.0 Å². The topological polar surface area (TPSA) is 40.6 Å². The van der Waals surface area contributed by atoms with Crippen LogP contribution in [0, 0.1) is 5.82 Å². The van der Waals surface area contributed by atoms with Crippen molar-refractivity contribution >= 4 is 28.7 Å². The first kappa shape index (κ1) is 15.7. The molecule has 4 nitrogen and oxygen atoms in total. The number of para-hydroxylation sites is 1. The second-order valence-electron chi connectivity index (χ2n) is 5.45. The van der Waals surface area contributed by atoms with E-state index in [1.165, 1.54) is 24.3 Å². The van der Waals surface area contributed by atoms with Crippen molar-refractivity contribution in [1.82, 2.24) is 4.90 Å². The van der Waals surface area contributed by atoms with E-state index in [4.69, 9.17) is 0 Å². The molecule has 6 heteroatoms. The zero-order chi connectivity index (χ0) is 16.4. The number of amides is 1. The number of piperazine rings is 1. The Bertz CT molecular complexity index is 736. The summed E-state index contributed by atoms with van der Waals surface area (Å²) in [5.74, 6) is -0.328. The van der Waals surface area contributed by atoms with Crippen LogP contribution in [0.5, 0.6) is 0 Å². The molecule has 2 aromatic rings. The van der Waals surface area contributed by atoms with E-state index >= 15 is 0 Å². The largest absolute Gasteiger partial charge is 0.366 e. The average Bonchev–Trinajstić information content (AvgIpc) is 3.05. The van der Waals surface area contributed by atoms with Crippen LogP contribution in [0.2, 0.25) is 0 Å². The van der Waals surface area contributed by atoms with Crippen LogP contribution in [0.4, 0.5) is 10.1 Å². The molecule has 0 radical (unpaired) electrons. The van der Waals surface area contributed by atoms with Crippen LogP contribution >= 0.6 is 11.3 Å². The molecule has 0 unspecified atom stereocenters. The number of carbonyl (C=O) groups excluding carboxylic acids is 2. The van der Waals surface area contributed by atoms with Gasteiger partial charge in [0.15, 0.2) is 5.78 Å². The normalized spacial score (nSPS) is 14.9. The maximum Gasteiger partial charge on any atom is 0.264 e. The van der Waals surface area contributed by atoms with Gasteiger partial charge >= 0.3 is 0 Å². The molecule has 1 aliphatic heterocycles. The van der Waals surface area contributed by atoms with Crippen molar-refractivity contribution in [3.05, 3.63) is 52.0 Å². The minimum Gasteiger partial charge on any atom is -0.366 e. The molecule has 1 aliphatic rings. The van der Waals surface area contributed by atoms with E-state index in [0.29, 0.717) is 41.6 Å². The number of hydrogen-bond donors (Lipinski definition) is 0. The van der Waals surface area contributed by atoms with Crippen molar-refractivity contribution in [2.24, 2.45) is 0 Å². The summed E-state index contributed by atoms with van der Waals surface area (Å²) >= 11 is 1.23. The van der Waals surface area contributed by atoms with Gasteiger partial charge in [-0.3, -0.25) is 9.59 Å². The van der Waals surface area contributed by atoms with Gasteiger partial charge in [-0.2, -0.15) is 0 Å². The fourth-order valence-electron chi connectivity index (χ4n) is 2.66. The van der Waals surface area contributed by atoms with E-state index in [1.54, 1.807) is 29.2 Å². The fourth-order valence-corrected chi connectivity index (χ4v) is 3.53. The third kappa shape index (κ3) is 3.27. The van der Waals surface area contributed by atoms with Crippen LogP contribution in [0.1, 0.15) is 26.3 Å². The van der Waals surface area contributed by atoms with Crippen LogP contribution in [-0.2, 0) is 0 Å². The van der Waals surface area contributed by atoms with Crippen LogP contribution in [-0.4, -0.2) is 42.8 Å². The highest BCUT2D eigenvalue weighted by Crippen LogP contribution is 2.23. The van der Waals surface area contributed by atoms with Crippen molar-refractivity contribution < 1.29 is 14.0 Å². The highest BCUT2D eigenvalue weighted by atomic mass is 32.1. The number of hydrogen-bond acceptors (Lipinski definition) is 4. The lowest BCUT2D eigenvalue weighted by molar-refractivity contribution is 0.0751. The number of anilines is 1. The molecule has 23 heavy (non-hydrogen) atoms. The van der Waals surface area contributed by atoms with Gasteiger partial charge in [0.25, 0.3) is 5.91 Å². The van der Waals surface area contributed by atoms with E-state index in [1.807, 2.05) is 11.0 Å². The third-order valence-electron chi connectivity index (χ3n) is 3.92. The molecule has 3 rings (SSSR count). The zero-order valence-electron chi connectivity index (χ0n) is 12.8. The zero-order valence-corrected chi connectivity index (χ0v) is 13.6. The molecular weight excluding hydrogens is 315 g/mol. The van der Waals surface area contributed by atoms with Crippen LogP contribution in [0.15, 0.2) is 36.4 Å². The number of carbonyl (C=O) groups is 2. The Balaban J connectivity index is 1.65. The Hall–Kier alpha value is -2.21. The first-order chi connectivity index (χ1) is 11.1. The molecule has 120 valence electrons. The lowest BCUT2D eigenvalue weighted by atomic mass is 10.2. The fraction of sp³-hybridized carbons (Fsp3) is 0.294. The molecular formula is C17H17FN2O2S. The summed E-state index contributed by atoms with van der Waals surface area (Å²) in [6.07, 6.45) is 0. The smallest absolute Gasteiger partial charge is 0.264 e. The minimum absolute atomic E-state index is 0.0292. The Morgan fingerprint density at radius 3 is 2.26 bits per heavy atom. The molecule has 0 aliphatic carbocycles. The minimum atomic E-state index is -0.239. The third-order valence-corrected chi connectivity index (χ3v) is 5.10. The summed E-state index contributed by atoms with van der Waals surface area (Å²) in [6, 6.07) is 10.1. The molecule has 1 amide bonds. The van der Waals surface area contributed by atoms with Crippen molar-refractivity contribution in [2.75, 3.05) is 31.1 Å². The molecule has 1 aromatic carbocycles. The van der Waals surface area contributed by atoms with E-state index in [0.717, 1.165) is 0 Å². The first-order valence-electron chi connectivity index (χ1n) is 7.46. The summed E-state index contributed by atoms with van der Waals surface area (Å²) in [7, 11) is 0. The molecule has 1 fully saturated rings. The summed E-state index contributed by atoms with van der Waals surface area (Å²) in [4.78, 5) is 28.7.